The van der Waals surface area contributed by atoms with Crippen molar-refractivity contribution in [2.45, 2.75) is 71.4 Å². The number of carbonyl (C=O) groups is 2. The lowest BCUT2D eigenvalue weighted by Crippen LogP contribution is -2.48. The molecule has 0 saturated heterocycles. The van der Waals surface area contributed by atoms with Crippen molar-refractivity contribution in [3.63, 3.8) is 0 Å². The van der Waals surface area contributed by atoms with Crippen molar-refractivity contribution in [3.8, 4) is 5.75 Å². The van der Waals surface area contributed by atoms with Crippen molar-refractivity contribution >= 4 is 17.9 Å². The van der Waals surface area contributed by atoms with Gasteiger partial charge in [-0.2, -0.15) is 0 Å². The minimum Gasteiger partial charge on any atom is -0.450 e. The number of carbonyl (C=O) groups excluding carboxylic acids is 2. The zero-order chi connectivity index (χ0) is 18.9. The predicted octanol–water partition coefficient (Wildman–Crippen LogP) is 5.19. The van der Waals surface area contributed by atoms with Crippen LogP contribution in [0.2, 0.25) is 0 Å². The second kappa shape index (κ2) is 10.0. The lowest BCUT2D eigenvalue weighted by Gasteiger charge is -2.37. The molecule has 0 bridgehead atoms. The van der Waals surface area contributed by atoms with Crippen LogP contribution in [-0.4, -0.2) is 35.8 Å². The first-order valence-corrected chi connectivity index (χ1v) is 9.59. The van der Waals surface area contributed by atoms with Gasteiger partial charge >= 0.3 is 12.2 Å². The Labute approximate surface area is 155 Å². The summed E-state index contributed by atoms with van der Waals surface area (Å²) in [6.07, 6.45) is 5.65. The lowest BCUT2D eigenvalue weighted by atomic mass is 9.93. The van der Waals surface area contributed by atoms with Gasteiger partial charge < -0.3 is 14.4 Å². The highest BCUT2D eigenvalue weighted by atomic mass is 16.6. The summed E-state index contributed by atoms with van der Waals surface area (Å²) in [5.41, 5.74) is 0.529. The molecule has 1 N–H and O–H groups in total. The Balaban J connectivity index is 2.06. The number of nitrogens with one attached hydrogen (secondary N) is 1. The van der Waals surface area contributed by atoms with E-state index >= 15 is 0 Å². The molecular weight excluding hydrogens is 332 g/mol. The van der Waals surface area contributed by atoms with Crippen molar-refractivity contribution < 1.29 is 19.1 Å². The van der Waals surface area contributed by atoms with Crippen molar-refractivity contribution in [2.75, 3.05) is 11.9 Å². The van der Waals surface area contributed by atoms with E-state index in [1.54, 1.807) is 31.2 Å². The largest absolute Gasteiger partial charge is 0.450 e. The SMILES string of the molecule is CCOC(=O)Nc1cccc(OC(=O)N(C(C)CC)C2CCCCC2)c1. The molecule has 26 heavy (non-hydrogen) atoms. The molecule has 6 heteroatoms. The quantitative estimate of drug-likeness (QED) is 0.756. The van der Waals surface area contributed by atoms with Gasteiger partial charge in [-0.1, -0.05) is 32.3 Å². The summed E-state index contributed by atoms with van der Waals surface area (Å²) in [5, 5.41) is 2.62. The van der Waals surface area contributed by atoms with E-state index in [1.165, 1.54) is 6.42 Å². The molecule has 1 aliphatic rings. The van der Waals surface area contributed by atoms with Gasteiger partial charge in [-0.05, 0) is 45.2 Å². The molecule has 6 nitrogen and oxygen atoms in total. The van der Waals surface area contributed by atoms with Crippen LogP contribution >= 0.6 is 0 Å². The Hall–Kier alpha value is -2.24. The average molecular weight is 362 g/mol. The Morgan fingerprint density at radius 1 is 1.23 bits per heavy atom. The number of ether oxygens (including phenoxy) is 2. The minimum absolute atomic E-state index is 0.131. The predicted molar refractivity (Wildman–Crippen MR) is 102 cm³/mol. The van der Waals surface area contributed by atoms with E-state index in [4.69, 9.17) is 9.47 Å². The highest BCUT2D eigenvalue weighted by Gasteiger charge is 2.30. The Morgan fingerprint density at radius 2 is 1.96 bits per heavy atom. The molecule has 144 valence electrons. The maximum absolute atomic E-state index is 12.8. The normalized spacial score (nSPS) is 15.8. The molecule has 2 rings (SSSR count). The molecule has 1 unspecified atom stereocenters. The first-order valence-electron chi connectivity index (χ1n) is 9.59. The molecule has 0 aromatic heterocycles. The molecule has 1 aliphatic carbocycles. The number of benzene rings is 1. The van der Waals surface area contributed by atoms with E-state index in [2.05, 4.69) is 19.2 Å². The summed E-state index contributed by atoms with van der Waals surface area (Å²) in [6.45, 7) is 6.19. The number of nitrogens with zero attached hydrogens (tertiary/aromatic N) is 1. The van der Waals surface area contributed by atoms with Gasteiger partial charge in [0.1, 0.15) is 5.75 Å². The monoisotopic (exact) mass is 362 g/mol. The summed E-state index contributed by atoms with van der Waals surface area (Å²) in [7, 11) is 0. The summed E-state index contributed by atoms with van der Waals surface area (Å²) >= 11 is 0. The van der Waals surface area contributed by atoms with Gasteiger partial charge in [0.25, 0.3) is 0 Å². The second-order valence-corrected chi connectivity index (χ2v) is 6.70. The van der Waals surface area contributed by atoms with E-state index in [0.717, 1.165) is 32.1 Å². The molecule has 0 radical (unpaired) electrons. The van der Waals surface area contributed by atoms with Crippen LogP contribution in [0.5, 0.6) is 5.75 Å². The fraction of sp³-hybridized carbons (Fsp3) is 0.600. The first-order chi connectivity index (χ1) is 12.5. The van der Waals surface area contributed by atoms with E-state index in [-0.39, 0.29) is 18.2 Å². The van der Waals surface area contributed by atoms with Gasteiger partial charge in [0.2, 0.25) is 0 Å². The standard InChI is InChI=1S/C20H30N2O4/c1-4-15(3)22(17-11-7-6-8-12-17)20(24)26-18-13-9-10-16(14-18)21-19(23)25-5-2/h9-10,13-15,17H,4-8,11-12H2,1-3H3,(H,21,23). The maximum atomic E-state index is 12.8. The zero-order valence-corrected chi connectivity index (χ0v) is 16.0. The molecule has 1 atom stereocenters. The summed E-state index contributed by atoms with van der Waals surface area (Å²) in [6, 6.07) is 7.17. The smallest absolute Gasteiger partial charge is 0.415 e. The molecular formula is C20H30N2O4. The fourth-order valence-corrected chi connectivity index (χ4v) is 3.32. The number of hydrogen-bond donors (Lipinski definition) is 1. The molecule has 1 aromatic rings. The van der Waals surface area contributed by atoms with Crippen molar-refractivity contribution in [1.29, 1.82) is 0 Å². The summed E-state index contributed by atoms with van der Waals surface area (Å²) in [4.78, 5) is 26.3. The minimum atomic E-state index is -0.528. The van der Waals surface area contributed by atoms with E-state index in [9.17, 15) is 9.59 Å². The van der Waals surface area contributed by atoms with Gasteiger partial charge in [-0.25, -0.2) is 9.59 Å². The number of amides is 2. The van der Waals surface area contributed by atoms with Crippen LogP contribution in [-0.2, 0) is 4.74 Å². The Kier molecular flexibility index (Phi) is 7.75. The molecule has 1 fully saturated rings. The number of anilines is 1. The third-order valence-corrected chi connectivity index (χ3v) is 4.81. The first kappa shape index (κ1) is 20.1. The second-order valence-electron chi connectivity index (χ2n) is 6.70. The van der Waals surface area contributed by atoms with Crippen LogP contribution in [0.15, 0.2) is 24.3 Å². The van der Waals surface area contributed by atoms with Crippen molar-refractivity contribution in [1.82, 2.24) is 4.90 Å². The Bertz CT molecular complexity index is 599. The van der Waals surface area contributed by atoms with Crippen LogP contribution < -0.4 is 10.1 Å². The van der Waals surface area contributed by atoms with Crippen LogP contribution in [0, 0.1) is 0 Å². The van der Waals surface area contributed by atoms with Crippen molar-refractivity contribution in [2.24, 2.45) is 0 Å². The van der Waals surface area contributed by atoms with Crippen LogP contribution in [0.25, 0.3) is 0 Å². The van der Waals surface area contributed by atoms with Crippen LogP contribution in [0.1, 0.15) is 59.3 Å². The zero-order valence-electron chi connectivity index (χ0n) is 16.0. The summed E-state index contributed by atoms with van der Waals surface area (Å²) in [5.74, 6) is 0.411. The van der Waals surface area contributed by atoms with E-state index in [0.29, 0.717) is 18.0 Å². The third-order valence-electron chi connectivity index (χ3n) is 4.81. The maximum Gasteiger partial charge on any atom is 0.415 e. The topological polar surface area (TPSA) is 67.9 Å². The van der Waals surface area contributed by atoms with E-state index < -0.39 is 6.09 Å². The molecule has 2 amide bonds. The highest BCUT2D eigenvalue weighted by molar-refractivity contribution is 5.85. The van der Waals surface area contributed by atoms with Gasteiger partial charge in [0.05, 0.1) is 6.61 Å². The fourth-order valence-electron chi connectivity index (χ4n) is 3.32. The van der Waals surface area contributed by atoms with Gasteiger partial charge in [0, 0.05) is 23.8 Å². The van der Waals surface area contributed by atoms with Crippen LogP contribution in [0.3, 0.4) is 0 Å². The van der Waals surface area contributed by atoms with Gasteiger partial charge in [0.15, 0.2) is 0 Å². The number of hydrogen-bond acceptors (Lipinski definition) is 4. The van der Waals surface area contributed by atoms with Gasteiger partial charge in [-0.15, -0.1) is 0 Å². The van der Waals surface area contributed by atoms with Gasteiger partial charge in [-0.3, -0.25) is 5.32 Å². The molecule has 0 spiro atoms. The van der Waals surface area contributed by atoms with E-state index in [1.807, 2.05) is 4.90 Å². The highest BCUT2D eigenvalue weighted by Crippen LogP contribution is 2.27. The van der Waals surface area contributed by atoms with Crippen molar-refractivity contribution in [3.05, 3.63) is 24.3 Å². The number of rotatable bonds is 6. The molecule has 0 aliphatic heterocycles. The molecule has 1 saturated carbocycles. The molecule has 1 aromatic carbocycles. The molecule has 0 heterocycles. The lowest BCUT2D eigenvalue weighted by molar-refractivity contribution is 0.0929. The summed E-state index contributed by atoms with van der Waals surface area (Å²) < 4.78 is 10.5. The Morgan fingerprint density at radius 3 is 2.62 bits per heavy atom. The average Bonchev–Trinajstić information content (AvgIpc) is 2.63. The van der Waals surface area contributed by atoms with Crippen LogP contribution in [0.4, 0.5) is 15.3 Å². The third kappa shape index (κ3) is 5.64.